The zero-order valence-electron chi connectivity index (χ0n) is 15.5. The first-order valence-corrected chi connectivity index (χ1v) is 10.1. The van der Waals surface area contributed by atoms with Gasteiger partial charge in [-0.1, -0.05) is 36.3 Å². The fourth-order valence-electron chi connectivity index (χ4n) is 2.81. The molecular formula is C20H21FN4O2S. The van der Waals surface area contributed by atoms with Crippen LogP contribution in [0.3, 0.4) is 0 Å². The number of ether oxygens (including phenoxy) is 1. The van der Waals surface area contributed by atoms with Gasteiger partial charge in [0.1, 0.15) is 16.5 Å². The van der Waals surface area contributed by atoms with Gasteiger partial charge in [-0.2, -0.15) is 5.10 Å². The van der Waals surface area contributed by atoms with E-state index >= 15 is 0 Å². The summed E-state index contributed by atoms with van der Waals surface area (Å²) in [5.41, 5.74) is 2.21. The molecule has 2 heterocycles. The Balaban J connectivity index is 1.34. The first-order chi connectivity index (χ1) is 13.6. The highest BCUT2D eigenvalue weighted by atomic mass is 32.1. The molecule has 0 bridgehead atoms. The summed E-state index contributed by atoms with van der Waals surface area (Å²) in [5, 5.41) is 8.40. The molecule has 8 heteroatoms. The minimum absolute atomic E-state index is 0.259. The molecule has 3 aromatic rings. The van der Waals surface area contributed by atoms with E-state index in [-0.39, 0.29) is 12.4 Å². The van der Waals surface area contributed by atoms with Crippen LogP contribution in [0.4, 0.5) is 9.18 Å². The molecule has 1 N–H and O–H groups in total. The molecule has 0 aliphatic heterocycles. The van der Waals surface area contributed by atoms with E-state index in [9.17, 15) is 9.18 Å². The monoisotopic (exact) mass is 400 g/mol. The third kappa shape index (κ3) is 4.75. The summed E-state index contributed by atoms with van der Waals surface area (Å²) in [6.07, 6.45) is 5.23. The average Bonchev–Trinajstić information content (AvgIpc) is 3.28. The lowest BCUT2D eigenvalue weighted by Crippen LogP contribution is -2.26. The molecule has 0 atom stereocenters. The summed E-state index contributed by atoms with van der Waals surface area (Å²) < 4.78 is 20.2. The molecule has 4 rings (SSSR count). The fourth-order valence-corrected chi connectivity index (χ4v) is 3.69. The molecule has 146 valence electrons. The van der Waals surface area contributed by atoms with Crippen LogP contribution in [0, 0.1) is 18.7 Å². The van der Waals surface area contributed by atoms with Crippen molar-refractivity contribution in [2.24, 2.45) is 5.92 Å². The number of amides is 1. The third-order valence-electron chi connectivity index (χ3n) is 4.61. The highest BCUT2D eigenvalue weighted by Gasteiger charge is 2.21. The second-order valence-electron chi connectivity index (χ2n) is 6.96. The predicted molar refractivity (Wildman–Crippen MR) is 105 cm³/mol. The number of aryl methyl sites for hydroxylation is 2. The van der Waals surface area contributed by atoms with E-state index in [1.165, 1.54) is 42.7 Å². The molecule has 1 amide bonds. The zero-order valence-corrected chi connectivity index (χ0v) is 16.3. The molecule has 1 aromatic carbocycles. The molecule has 1 saturated carbocycles. The van der Waals surface area contributed by atoms with Gasteiger partial charge in [0.2, 0.25) is 5.06 Å². The van der Waals surface area contributed by atoms with Crippen molar-refractivity contribution in [3.63, 3.8) is 0 Å². The maximum Gasteiger partial charge on any atom is 0.413 e. The van der Waals surface area contributed by atoms with Crippen molar-refractivity contribution in [2.75, 3.05) is 0 Å². The van der Waals surface area contributed by atoms with Crippen LogP contribution in [0.5, 0.6) is 5.06 Å². The summed E-state index contributed by atoms with van der Waals surface area (Å²) in [4.78, 5) is 16.5. The zero-order chi connectivity index (χ0) is 19.5. The number of halogens is 1. The topological polar surface area (TPSA) is 69.0 Å². The number of nitrogens with one attached hydrogen (secondary N) is 1. The molecule has 0 spiro atoms. The van der Waals surface area contributed by atoms with E-state index in [2.05, 4.69) is 15.4 Å². The molecule has 0 saturated heterocycles. The summed E-state index contributed by atoms with van der Waals surface area (Å²) in [6.45, 7) is 2.98. The highest BCUT2D eigenvalue weighted by Crippen LogP contribution is 2.34. The average molecular weight is 400 g/mol. The van der Waals surface area contributed by atoms with Gasteiger partial charge in [0, 0.05) is 19.3 Å². The van der Waals surface area contributed by atoms with Crippen LogP contribution >= 0.6 is 11.3 Å². The standard InChI is InChI=1S/C20H21FN4O2S/c1-13-19(27-20(26)22-12-15-4-6-16(21)7-5-15)28-18(23-13)17-9-11-25(24-17)10-8-14-2-3-14/h4-7,9,11,14H,2-3,8,10,12H2,1H3,(H,22,26). The van der Waals surface area contributed by atoms with Gasteiger partial charge in [0.05, 0.1) is 5.69 Å². The Bertz CT molecular complexity index is 963. The number of aromatic nitrogens is 3. The van der Waals surface area contributed by atoms with Crippen LogP contribution in [0.1, 0.15) is 30.5 Å². The Hall–Kier alpha value is -2.74. The van der Waals surface area contributed by atoms with Crippen molar-refractivity contribution >= 4 is 17.4 Å². The van der Waals surface area contributed by atoms with Gasteiger partial charge in [-0.25, -0.2) is 14.2 Å². The van der Waals surface area contributed by atoms with Gasteiger partial charge < -0.3 is 10.1 Å². The number of carbonyl (C=O) groups excluding carboxylic acids is 1. The SMILES string of the molecule is Cc1nc(-c2ccn(CCC3CC3)n2)sc1OC(=O)NCc1ccc(F)cc1. The maximum atomic E-state index is 12.9. The predicted octanol–water partition coefficient (Wildman–Crippen LogP) is 4.54. The maximum absolute atomic E-state index is 12.9. The number of thiazole rings is 1. The van der Waals surface area contributed by atoms with E-state index in [1.807, 2.05) is 16.9 Å². The lowest BCUT2D eigenvalue weighted by molar-refractivity contribution is 0.201. The first kappa shape index (κ1) is 18.6. The minimum Gasteiger partial charge on any atom is -0.397 e. The van der Waals surface area contributed by atoms with E-state index in [1.54, 1.807) is 19.1 Å². The number of nitrogens with zero attached hydrogens (tertiary/aromatic N) is 3. The molecule has 0 unspecified atom stereocenters. The molecule has 6 nitrogen and oxygen atoms in total. The Labute approximate surface area is 166 Å². The number of hydrogen-bond donors (Lipinski definition) is 1. The summed E-state index contributed by atoms with van der Waals surface area (Å²) >= 11 is 1.30. The lowest BCUT2D eigenvalue weighted by atomic mass is 10.2. The fraction of sp³-hybridized carbons (Fsp3) is 0.350. The Kier molecular flexibility index (Phi) is 5.38. The second-order valence-corrected chi connectivity index (χ2v) is 7.92. The Morgan fingerprint density at radius 2 is 2.11 bits per heavy atom. The number of hydrogen-bond acceptors (Lipinski definition) is 5. The van der Waals surface area contributed by atoms with Gasteiger partial charge in [0.15, 0.2) is 0 Å². The van der Waals surface area contributed by atoms with Gasteiger partial charge >= 0.3 is 6.09 Å². The smallest absolute Gasteiger partial charge is 0.397 e. The van der Waals surface area contributed by atoms with Gasteiger partial charge in [-0.3, -0.25) is 4.68 Å². The quantitative estimate of drug-likeness (QED) is 0.632. The Morgan fingerprint density at radius 1 is 1.32 bits per heavy atom. The number of carbonyl (C=O) groups is 1. The minimum atomic E-state index is -0.572. The molecule has 0 radical (unpaired) electrons. The summed E-state index contributed by atoms with van der Waals surface area (Å²) in [7, 11) is 0. The van der Waals surface area contributed by atoms with E-state index in [0.29, 0.717) is 10.8 Å². The third-order valence-corrected chi connectivity index (χ3v) is 5.67. The van der Waals surface area contributed by atoms with Gasteiger partial charge in [-0.15, -0.1) is 0 Å². The van der Waals surface area contributed by atoms with Crippen LogP contribution in [-0.2, 0) is 13.1 Å². The number of benzene rings is 1. The summed E-state index contributed by atoms with van der Waals surface area (Å²) in [5.74, 6) is 0.553. The van der Waals surface area contributed by atoms with Crippen molar-refractivity contribution in [2.45, 2.75) is 39.3 Å². The largest absolute Gasteiger partial charge is 0.413 e. The van der Waals surface area contributed by atoms with Crippen molar-refractivity contribution < 1.29 is 13.9 Å². The Morgan fingerprint density at radius 3 is 2.86 bits per heavy atom. The molecule has 28 heavy (non-hydrogen) atoms. The van der Waals surface area contributed by atoms with Crippen molar-refractivity contribution in [1.29, 1.82) is 0 Å². The molecule has 1 aliphatic rings. The van der Waals surface area contributed by atoms with E-state index in [4.69, 9.17) is 4.74 Å². The highest BCUT2D eigenvalue weighted by molar-refractivity contribution is 7.17. The van der Waals surface area contributed by atoms with Crippen LogP contribution in [0.25, 0.3) is 10.7 Å². The van der Waals surface area contributed by atoms with Gasteiger partial charge in [-0.05, 0) is 43.0 Å². The van der Waals surface area contributed by atoms with E-state index in [0.717, 1.165) is 28.7 Å². The summed E-state index contributed by atoms with van der Waals surface area (Å²) in [6, 6.07) is 7.87. The van der Waals surface area contributed by atoms with Gasteiger partial charge in [0.25, 0.3) is 0 Å². The molecule has 2 aromatic heterocycles. The molecule has 1 fully saturated rings. The molecular weight excluding hydrogens is 379 g/mol. The molecule has 1 aliphatic carbocycles. The lowest BCUT2D eigenvalue weighted by Gasteiger charge is -2.05. The van der Waals surface area contributed by atoms with E-state index < -0.39 is 6.09 Å². The van der Waals surface area contributed by atoms with Crippen LogP contribution < -0.4 is 10.1 Å². The van der Waals surface area contributed by atoms with Crippen LogP contribution in [0.2, 0.25) is 0 Å². The second kappa shape index (κ2) is 8.10. The normalized spacial score (nSPS) is 13.5. The van der Waals surface area contributed by atoms with Crippen LogP contribution in [-0.4, -0.2) is 20.9 Å². The van der Waals surface area contributed by atoms with Crippen LogP contribution in [0.15, 0.2) is 36.5 Å². The van der Waals surface area contributed by atoms with Crippen molar-refractivity contribution in [3.05, 3.63) is 53.6 Å². The van der Waals surface area contributed by atoms with Crippen molar-refractivity contribution in [3.8, 4) is 15.8 Å². The first-order valence-electron chi connectivity index (χ1n) is 9.28. The van der Waals surface area contributed by atoms with Crippen molar-refractivity contribution in [1.82, 2.24) is 20.1 Å². The number of rotatable bonds is 7.